The SMILES string of the molecule is CCC(NC(=O)C1CCCN(Cc2nc(-c3ccc(Br)cc3)no2)C1)c1ccc(C)cc1C. The van der Waals surface area contributed by atoms with Crippen LogP contribution in [0.2, 0.25) is 0 Å². The molecule has 0 aliphatic carbocycles. The first-order valence-electron chi connectivity index (χ1n) is 11.6. The number of benzene rings is 2. The second-order valence-corrected chi connectivity index (χ2v) is 9.84. The molecule has 7 heteroatoms. The summed E-state index contributed by atoms with van der Waals surface area (Å²) in [6.45, 7) is 8.52. The van der Waals surface area contributed by atoms with E-state index >= 15 is 0 Å². The third-order valence-electron chi connectivity index (χ3n) is 6.33. The molecule has 1 aliphatic rings. The van der Waals surface area contributed by atoms with Crippen LogP contribution in [0.5, 0.6) is 0 Å². The molecule has 0 bridgehead atoms. The van der Waals surface area contributed by atoms with Gasteiger partial charge in [0.2, 0.25) is 17.6 Å². The van der Waals surface area contributed by atoms with Gasteiger partial charge in [0, 0.05) is 16.6 Å². The van der Waals surface area contributed by atoms with Crippen LogP contribution >= 0.6 is 15.9 Å². The lowest BCUT2D eigenvalue weighted by molar-refractivity contribution is -0.127. The Labute approximate surface area is 203 Å². The molecule has 4 rings (SSSR count). The summed E-state index contributed by atoms with van der Waals surface area (Å²) in [6, 6.07) is 14.3. The first-order chi connectivity index (χ1) is 15.9. The molecule has 0 spiro atoms. The molecule has 2 atom stereocenters. The van der Waals surface area contributed by atoms with Crippen LogP contribution in [0.4, 0.5) is 0 Å². The Bertz CT molecular complexity index is 1100. The van der Waals surface area contributed by atoms with Crippen LogP contribution < -0.4 is 5.32 Å². The zero-order valence-corrected chi connectivity index (χ0v) is 21.1. The van der Waals surface area contributed by atoms with E-state index in [1.165, 1.54) is 16.7 Å². The highest BCUT2D eigenvalue weighted by molar-refractivity contribution is 9.10. The van der Waals surface area contributed by atoms with Gasteiger partial charge >= 0.3 is 0 Å². The molecule has 0 radical (unpaired) electrons. The number of piperidine rings is 1. The Kier molecular flexibility index (Phi) is 7.60. The molecule has 2 unspecified atom stereocenters. The van der Waals surface area contributed by atoms with Crippen molar-refractivity contribution in [3.63, 3.8) is 0 Å². The Hall–Kier alpha value is -2.51. The number of hydrogen-bond acceptors (Lipinski definition) is 5. The zero-order chi connectivity index (χ0) is 23.4. The van der Waals surface area contributed by atoms with Gasteiger partial charge in [0.25, 0.3) is 0 Å². The summed E-state index contributed by atoms with van der Waals surface area (Å²) in [5.41, 5.74) is 4.59. The van der Waals surface area contributed by atoms with Gasteiger partial charge in [0.15, 0.2) is 0 Å². The second-order valence-electron chi connectivity index (χ2n) is 8.92. The van der Waals surface area contributed by atoms with Crippen molar-refractivity contribution >= 4 is 21.8 Å². The third kappa shape index (κ3) is 5.89. The number of aryl methyl sites for hydroxylation is 2. The van der Waals surface area contributed by atoms with Gasteiger partial charge in [-0.3, -0.25) is 9.69 Å². The first kappa shape index (κ1) is 23.6. The Morgan fingerprint density at radius 2 is 2.03 bits per heavy atom. The van der Waals surface area contributed by atoms with Gasteiger partial charge in [0.05, 0.1) is 18.5 Å². The molecule has 1 aromatic heterocycles. The average molecular weight is 511 g/mol. The quantitative estimate of drug-likeness (QED) is 0.448. The predicted molar refractivity (Wildman–Crippen MR) is 133 cm³/mol. The number of carbonyl (C=O) groups is 1. The number of halogens is 1. The fourth-order valence-electron chi connectivity index (χ4n) is 4.55. The molecule has 2 aromatic carbocycles. The van der Waals surface area contributed by atoms with Crippen LogP contribution in [0.1, 0.15) is 54.8 Å². The topological polar surface area (TPSA) is 71.3 Å². The highest BCUT2D eigenvalue weighted by Crippen LogP contribution is 2.25. The summed E-state index contributed by atoms with van der Waals surface area (Å²) >= 11 is 3.44. The van der Waals surface area contributed by atoms with E-state index in [9.17, 15) is 4.79 Å². The van der Waals surface area contributed by atoms with Gasteiger partial charge in [-0.2, -0.15) is 4.98 Å². The van der Waals surface area contributed by atoms with E-state index in [-0.39, 0.29) is 17.9 Å². The number of amides is 1. The molecule has 1 saturated heterocycles. The van der Waals surface area contributed by atoms with Crippen LogP contribution in [0.15, 0.2) is 51.5 Å². The van der Waals surface area contributed by atoms with Crippen LogP contribution in [-0.2, 0) is 11.3 Å². The summed E-state index contributed by atoms with van der Waals surface area (Å²) in [4.78, 5) is 19.9. The van der Waals surface area contributed by atoms with E-state index in [1.54, 1.807) is 0 Å². The minimum atomic E-state index is -0.0348. The van der Waals surface area contributed by atoms with E-state index < -0.39 is 0 Å². The smallest absolute Gasteiger partial charge is 0.241 e. The number of nitrogens with one attached hydrogen (secondary N) is 1. The minimum Gasteiger partial charge on any atom is -0.349 e. The molecule has 1 amide bonds. The Morgan fingerprint density at radius 3 is 2.76 bits per heavy atom. The van der Waals surface area contributed by atoms with Crippen molar-refractivity contribution < 1.29 is 9.32 Å². The summed E-state index contributed by atoms with van der Waals surface area (Å²) in [5, 5.41) is 7.43. The third-order valence-corrected chi connectivity index (χ3v) is 6.86. The van der Waals surface area contributed by atoms with E-state index in [2.05, 4.69) is 75.3 Å². The van der Waals surface area contributed by atoms with Crippen LogP contribution in [0, 0.1) is 19.8 Å². The highest BCUT2D eigenvalue weighted by atomic mass is 79.9. The average Bonchev–Trinajstić information content (AvgIpc) is 3.27. The number of carbonyl (C=O) groups excluding carboxylic acids is 1. The van der Waals surface area contributed by atoms with Gasteiger partial charge < -0.3 is 9.84 Å². The monoisotopic (exact) mass is 510 g/mol. The normalized spacial score (nSPS) is 17.6. The van der Waals surface area contributed by atoms with Crippen molar-refractivity contribution in [3.8, 4) is 11.4 Å². The number of hydrogen-bond donors (Lipinski definition) is 1. The predicted octanol–water partition coefficient (Wildman–Crippen LogP) is 5.60. The lowest BCUT2D eigenvalue weighted by Gasteiger charge is -2.32. The maximum Gasteiger partial charge on any atom is 0.241 e. The Morgan fingerprint density at radius 1 is 1.24 bits per heavy atom. The fourth-order valence-corrected chi connectivity index (χ4v) is 4.81. The molecular formula is C26H31BrN4O2. The van der Waals surface area contributed by atoms with Gasteiger partial charge in [0.1, 0.15) is 0 Å². The van der Waals surface area contributed by atoms with E-state index in [4.69, 9.17) is 4.52 Å². The summed E-state index contributed by atoms with van der Waals surface area (Å²) in [6.07, 6.45) is 2.75. The van der Waals surface area contributed by atoms with Crippen molar-refractivity contribution in [3.05, 3.63) is 69.5 Å². The van der Waals surface area contributed by atoms with Crippen LogP contribution in [0.3, 0.4) is 0 Å². The number of rotatable bonds is 7. The first-order valence-corrected chi connectivity index (χ1v) is 12.4. The van der Waals surface area contributed by atoms with Crippen LogP contribution in [0.25, 0.3) is 11.4 Å². The Balaban J connectivity index is 1.37. The van der Waals surface area contributed by atoms with E-state index in [0.29, 0.717) is 24.8 Å². The lowest BCUT2D eigenvalue weighted by Crippen LogP contribution is -2.43. The van der Waals surface area contributed by atoms with Gasteiger partial charge in [-0.05, 0) is 75.0 Å². The minimum absolute atomic E-state index is 0.0348. The largest absolute Gasteiger partial charge is 0.349 e. The second kappa shape index (κ2) is 10.6. The summed E-state index contributed by atoms with van der Waals surface area (Å²) in [7, 11) is 0. The maximum atomic E-state index is 13.1. The molecule has 174 valence electrons. The fraction of sp³-hybridized carbons (Fsp3) is 0.423. The summed E-state index contributed by atoms with van der Waals surface area (Å²) < 4.78 is 6.50. The van der Waals surface area contributed by atoms with Gasteiger partial charge in [-0.1, -0.05) is 51.8 Å². The molecule has 1 fully saturated rings. The number of nitrogens with zero attached hydrogens (tertiary/aromatic N) is 3. The van der Waals surface area contributed by atoms with E-state index in [0.717, 1.165) is 35.8 Å². The molecule has 3 aromatic rings. The standard InChI is InChI=1S/C26H31BrN4O2/c1-4-23(22-12-7-17(2)14-18(22)3)28-26(32)20-6-5-13-31(15-20)16-24-29-25(30-33-24)19-8-10-21(27)11-9-19/h7-12,14,20,23H,4-6,13,15-16H2,1-3H3,(H,28,32). The molecule has 0 saturated carbocycles. The molecular weight excluding hydrogens is 480 g/mol. The van der Waals surface area contributed by atoms with Gasteiger partial charge in [-0.15, -0.1) is 0 Å². The van der Waals surface area contributed by atoms with Crippen molar-refractivity contribution in [2.24, 2.45) is 5.92 Å². The maximum absolute atomic E-state index is 13.1. The lowest BCUT2D eigenvalue weighted by atomic mass is 9.94. The highest BCUT2D eigenvalue weighted by Gasteiger charge is 2.28. The molecule has 2 heterocycles. The molecule has 6 nitrogen and oxygen atoms in total. The summed E-state index contributed by atoms with van der Waals surface area (Å²) in [5.74, 6) is 1.26. The van der Waals surface area contributed by atoms with Crippen molar-refractivity contribution in [2.45, 2.75) is 52.6 Å². The van der Waals surface area contributed by atoms with Crippen molar-refractivity contribution in [2.75, 3.05) is 13.1 Å². The van der Waals surface area contributed by atoms with Crippen molar-refractivity contribution in [1.29, 1.82) is 0 Å². The van der Waals surface area contributed by atoms with E-state index in [1.807, 2.05) is 24.3 Å². The molecule has 33 heavy (non-hydrogen) atoms. The number of aromatic nitrogens is 2. The van der Waals surface area contributed by atoms with Crippen LogP contribution in [-0.4, -0.2) is 34.0 Å². The zero-order valence-electron chi connectivity index (χ0n) is 19.5. The number of likely N-dealkylation sites (tertiary alicyclic amines) is 1. The molecule has 1 N–H and O–H groups in total. The van der Waals surface area contributed by atoms with Gasteiger partial charge in [-0.25, -0.2) is 0 Å². The van der Waals surface area contributed by atoms with Crippen molar-refractivity contribution in [1.82, 2.24) is 20.4 Å². The molecule has 1 aliphatic heterocycles.